The van der Waals surface area contributed by atoms with Crippen molar-refractivity contribution in [2.75, 3.05) is 13.1 Å². The Hall–Kier alpha value is -1.79. The molecule has 1 amide bonds. The molecule has 2 unspecified atom stereocenters. The van der Waals surface area contributed by atoms with Gasteiger partial charge in [-0.15, -0.1) is 0 Å². The molecule has 1 fully saturated rings. The van der Waals surface area contributed by atoms with Gasteiger partial charge in [0.15, 0.2) is 0 Å². The molecule has 94 valence electrons. The van der Waals surface area contributed by atoms with Crippen LogP contribution in [-0.2, 0) is 0 Å². The molecule has 0 spiro atoms. The fourth-order valence-electron chi connectivity index (χ4n) is 1.90. The number of benzene rings is 1. The molecule has 2 atom stereocenters. The lowest BCUT2D eigenvalue weighted by molar-refractivity contribution is 0.0951. The molecule has 0 saturated heterocycles. The van der Waals surface area contributed by atoms with Crippen LogP contribution in [0.4, 0.5) is 0 Å². The molecule has 3 nitrogen and oxygen atoms in total. The second-order valence-corrected chi connectivity index (χ2v) is 4.77. The summed E-state index contributed by atoms with van der Waals surface area (Å²) in [4.78, 5) is 11.9. The van der Waals surface area contributed by atoms with Gasteiger partial charge in [-0.25, -0.2) is 0 Å². The van der Waals surface area contributed by atoms with E-state index < -0.39 is 0 Å². The second kappa shape index (κ2) is 5.70. The van der Waals surface area contributed by atoms with E-state index in [0.29, 0.717) is 18.0 Å². The Morgan fingerprint density at radius 3 is 3.00 bits per heavy atom. The Morgan fingerprint density at radius 1 is 1.56 bits per heavy atom. The molecule has 0 bridgehead atoms. The SMILES string of the molecule is CC1CC1CNC(=O)c1cccc(C#CCN)c1. The van der Waals surface area contributed by atoms with Crippen molar-refractivity contribution < 1.29 is 4.79 Å². The summed E-state index contributed by atoms with van der Waals surface area (Å²) in [6.07, 6.45) is 1.22. The van der Waals surface area contributed by atoms with Crippen LogP contribution >= 0.6 is 0 Å². The number of hydrogen-bond donors (Lipinski definition) is 2. The summed E-state index contributed by atoms with van der Waals surface area (Å²) in [5, 5.41) is 2.96. The zero-order valence-electron chi connectivity index (χ0n) is 10.6. The van der Waals surface area contributed by atoms with Gasteiger partial charge < -0.3 is 11.1 Å². The maximum absolute atomic E-state index is 11.9. The first kappa shape index (κ1) is 12.7. The number of nitrogens with one attached hydrogen (secondary N) is 1. The van der Waals surface area contributed by atoms with E-state index in [9.17, 15) is 4.79 Å². The third-order valence-electron chi connectivity index (χ3n) is 3.26. The van der Waals surface area contributed by atoms with Crippen molar-refractivity contribution in [1.29, 1.82) is 0 Å². The van der Waals surface area contributed by atoms with Gasteiger partial charge in [0.1, 0.15) is 0 Å². The predicted molar refractivity (Wildman–Crippen MR) is 72.0 cm³/mol. The lowest BCUT2D eigenvalue weighted by atomic mass is 10.1. The lowest BCUT2D eigenvalue weighted by Crippen LogP contribution is -2.25. The molecule has 0 radical (unpaired) electrons. The van der Waals surface area contributed by atoms with Crippen LogP contribution < -0.4 is 11.1 Å². The molecule has 1 aliphatic carbocycles. The van der Waals surface area contributed by atoms with E-state index in [2.05, 4.69) is 24.1 Å². The van der Waals surface area contributed by atoms with E-state index in [1.54, 1.807) is 12.1 Å². The van der Waals surface area contributed by atoms with Gasteiger partial charge in [-0.05, 0) is 36.5 Å². The normalized spacial score (nSPS) is 20.8. The molecule has 0 aliphatic heterocycles. The van der Waals surface area contributed by atoms with Crippen molar-refractivity contribution in [2.45, 2.75) is 13.3 Å². The highest BCUT2D eigenvalue weighted by Gasteiger charge is 2.32. The first-order valence-corrected chi connectivity index (χ1v) is 6.28. The van der Waals surface area contributed by atoms with E-state index in [1.165, 1.54) is 6.42 Å². The van der Waals surface area contributed by atoms with Gasteiger partial charge in [0.2, 0.25) is 0 Å². The molecule has 1 aromatic rings. The summed E-state index contributed by atoms with van der Waals surface area (Å²) in [5.74, 6) is 7.11. The minimum atomic E-state index is -0.0227. The van der Waals surface area contributed by atoms with Crippen LogP contribution in [0.3, 0.4) is 0 Å². The average molecular weight is 242 g/mol. The minimum Gasteiger partial charge on any atom is -0.352 e. The van der Waals surface area contributed by atoms with Crippen LogP contribution in [0.1, 0.15) is 29.3 Å². The molecule has 1 saturated carbocycles. The van der Waals surface area contributed by atoms with E-state index >= 15 is 0 Å². The van der Waals surface area contributed by atoms with Crippen molar-refractivity contribution in [2.24, 2.45) is 17.6 Å². The highest BCUT2D eigenvalue weighted by atomic mass is 16.1. The third-order valence-corrected chi connectivity index (χ3v) is 3.26. The molecule has 18 heavy (non-hydrogen) atoms. The molecule has 3 N–H and O–H groups in total. The van der Waals surface area contributed by atoms with E-state index in [-0.39, 0.29) is 5.91 Å². The van der Waals surface area contributed by atoms with Crippen molar-refractivity contribution in [3.05, 3.63) is 35.4 Å². The van der Waals surface area contributed by atoms with Crippen molar-refractivity contribution in [3.63, 3.8) is 0 Å². The maximum atomic E-state index is 11.9. The molecular formula is C15H18N2O. The van der Waals surface area contributed by atoms with E-state index in [0.717, 1.165) is 18.0 Å². The molecule has 2 rings (SSSR count). The maximum Gasteiger partial charge on any atom is 0.251 e. The van der Waals surface area contributed by atoms with Gasteiger partial charge in [0.05, 0.1) is 6.54 Å². The van der Waals surface area contributed by atoms with Crippen LogP contribution in [0.15, 0.2) is 24.3 Å². The monoisotopic (exact) mass is 242 g/mol. The standard InChI is InChI=1S/C15H18N2O/c1-11-8-14(11)10-17-15(18)13-6-2-4-12(9-13)5-3-7-16/h2,4,6,9,11,14H,7-8,10,16H2,1H3,(H,17,18). The van der Waals surface area contributed by atoms with Crippen LogP contribution in [0.5, 0.6) is 0 Å². The molecule has 3 heteroatoms. The Labute approximate surface area is 108 Å². The minimum absolute atomic E-state index is 0.0227. The van der Waals surface area contributed by atoms with Gasteiger partial charge in [0.25, 0.3) is 5.91 Å². The van der Waals surface area contributed by atoms with Crippen LogP contribution in [0, 0.1) is 23.7 Å². The Bertz CT molecular complexity index is 499. The zero-order valence-corrected chi connectivity index (χ0v) is 10.6. The fraction of sp³-hybridized carbons (Fsp3) is 0.400. The smallest absolute Gasteiger partial charge is 0.251 e. The quantitative estimate of drug-likeness (QED) is 0.787. The summed E-state index contributed by atoms with van der Waals surface area (Å²) in [6.45, 7) is 3.31. The summed E-state index contributed by atoms with van der Waals surface area (Å²) in [5.41, 5.74) is 6.81. The third kappa shape index (κ3) is 3.35. The molecular weight excluding hydrogens is 224 g/mol. The zero-order chi connectivity index (χ0) is 13.0. The molecule has 0 aromatic heterocycles. The van der Waals surface area contributed by atoms with Crippen molar-refractivity contribution in [3.8, 4) is 11.8 Å². The predicted octanol–water partition coefficient (Wildman–Crippen LogP) is 1.38. The van der Waals surface area contributed by atoms with Gasteiger partial charge in [-0.2, -0.15) is 0 Å². The van der Waals surface area contributed by atoms with Crippen molar-refractivity contribution in [1.82, 2.24) is 5.32 Å². The van der Waals surface area contributed by atoms with Crippen LogP contribution in [-0.4, -0.2) is 19.0 Å². The van der Waals surface area contributed by atoms with Crippen molar-refractivity contribution >= 4 is 5.91 Å². The highest BCUT2D eigenvalue weighted by Crippen LogP contribution is 2.36. The van der Waals surface area contributed by atoms with Gasteiger partial charge in [-0.1, -0.05) is 24.8 Å². The summed E-state index contributed by atoms with van der Waals surface area (Å²) in [7, 11) is 0. The average Bonchev–Trinajstić information content (AvgIpc) is 3.10. The van der Waals surface area contributed by atoms with Crippen LogP contribution in [0.2, 0.25) is 0 Å². The summed E-state index contributed by atoms with van der Waals surface area (Å²) in [6, 6.07) is 7.32. The van der Waals surface area contributed by atoms with Gasteiger partial charge in [-0.3, -0.25) is 4.79 Å². The first-order chi connectivity index (χ1) is 8.70. The number of carbonyl (C=O) groups is 1. The highest BCUT2D eigenvalue weighted by molar-refractivity contribution is 5.94. The summed E-state index contributed by atoms with van der Waals surface area (Å²) >= 11 is 0. The molecule has 1 aliphatic rings. The van der Waals surface area contributed by atoms with Crippen LogP contribution in [0.25, 0.3) is 0 Å². The van der Waals surface area contributed by atoms with Gasteiger partial charge >= 0.3 is 0 Å². The van der Waals surface area contributed by atoms with Gasteiger partial charge in [0, 0.05) is 17.7 Å². The fourth-order valence-corrected chi connectivity index (χ4v) is 1.90. The number of carbonyl (C=O) groups excluding carboxylic acids is 1. The second-order valence-electron chi connectivity index (χ2n) is 4.77. The van der Waals surface area contributed by atoms with E-state index in [1.807, 2.05) is 12.1 Å². The summed E-state index contributed by atoms with van der Waals surface area (Å²) < 4.78 is 0. The molecule has 0 heterocycles. The number of nitrogens with two attached hydrogens (primary N) is 1. The Balaban J connectivity index is 1.96. The number of hydrogen-bond acceptors (Lipinski definition) is 2. The van der Waals surface area contributed by atoms with E-state index in [4.69, 9.17) is 5.73 Å². The topological polar surface area (TPSA) is 55.1 Å². The molecule has 1 aromatic carbocycles. The Kier molecular flexibility index (Phi) is 4.01. The number of rotatable bonds is 3. The largest absolute Gasteiger partial charge is 0.352 e. The lowest BCUT2D eigenvalue weighted by Gasteiger charge is -2.04. The first-order valence-electron chi connectivity index (χ1n) is 6.28. The Morgan fingerprint density at radius 2 is 2.33 bits per heavy atom. The number of amides is 1.